The van der Waals surface area contributed by atoms with Crippen LogP contribution in [0.2, 0.25) is 0 Å². The van der Waals surface area contributed by atoms with Crippen molar-refractivity contribution in [3.63, 3.8) is 0 Å². The maximum Gasteiger partial charge on any atom is 0.223 e. The Morgan fingerprint density at radius 1 is 1.30 bits per heavy atom. The lowest BCUT2D eigenvalue weighted by atomic mass is 10.3. The number of methoxy groups -OCH3 is 1. The van der Waals surface area contributed by atoms with E-state index in [1.165, 1.54) is 9.77 Å². The maximum atomic E-state index is 12.5. The second kappa shape index (κ2) is 7.88. The van der Waals surface area contributed by atoms with Crippen LogP contribution in [-0.4, -0.2) is 29.7 Å². The molecule has 1 aliphatic rings. The van der Waals surface area contributed by atoms with E-state index >= 15 is 0 Å². The van der Waals surface area contributed by atoms with Crippen LogP contribution >= 0.6 is 23.1 Å². The molecule has 0 spiro atoms. The Bertz CT molecular complexity index is 621. The van der Waals surface area contributed by atoms with Crippen LogP contribution in [0.1, 0.15) is 24.1 Å². The molecule has 2 aromatic rings. The number of ether oxygens (including phenoxy) is 1. The molecule has 0 saturated heterocycles. The van der Waals surface area contributed by atoms with E-state index in [4.69, 9.17) is 4.74 Å². The molecule has 1 fully saturated rings. The average Bonchev–Trinajstić information content (AvgIpc) is 3.29. The van der Waals surface area contributed by atoms with Crippen molar-refractivity contribution < 1.29 is 9.53 Å². The van der Waals surface area contributed by atoms with Gasteiger partial charge in [-0.15, -0.1) is 23.1 Å². The smallest absolute Gasteiger partial charge is 0.223 e. The lowest BCUT2D eigenvalue weighted by molar-refractivity contribution is -0.131. The summed E-state index contributed by atoms with van der Waals surface area (Å²) < 4.78 is 5.16. The lowest BCUT2D eigenvalue weighted by Gasteiger charge is -2.21. The molecule has 1 heterocycles. The number of thioether (sulfide) groups is 1. The predicted octanol–water partition coefficient (Wildman–Crippen LogP) is 4.43. The summed E-state index contributed by atoms with van der Waals surface area (Å²) in [6.45, 7) is 0.772. The Labute approximate surface area is 145 Å². The molecule has 1 amide bonds. The SMILES string of the molecule is COc1ccc(SCCC(=O)N(Cc2cccs2)C2CC2)cc1. The molecule has 5 heteroatoms. The molecule has 1 saturated carbocycles. The first kappa shape index (κ1) is 16.4. The van der Waals surface area contributed by atoms with Gasteiger partial charge in [0, 0.05) is 28.0 Å². The predicted molar refractivity (Wildman–Crippen MR) is 96.2 cm³/mol. The lowest BCUT2D eigenvalue weighted by Crippen LogP contribution is -2.32. The Balaban J connectivity index is 1.48. The van der Waals surface area contributed by atoms with Crippen molar-refractivity contribution in [2.24, 2.45) is 0 Å². The minimum absolute atomic E-state index is 0.280. The summed E-state index contributed by atoms with van der Waals surface area (Å²) >= 11 is 3.45. The van der Waals surface area contributed by atoms with Gasteiger partial charge in [-0.1, -0.05) is 6.07 Å². The molecule has 0 N–H and O–H groups in total. The molecule has 0 radical (unpaired) electrons. The van der Waals surface area contributed by atoms with E-state index in [2.05, 4.69) is 22.4 Å². The first-order chi connectivity index (χ1) is 11.3. The number of nitrogens with zero attached hydrogens (tertiary/aromatic N) is 1. The zero-order chi connectivity index (χ0) is 16.1. The van der Waals surface area contributed by atoms with E-state index in [0.717, 1.165) is 30.9 Å². The van der Waals surface area contributed by atoms with Gasteiger partial charge in [-0.05, 0) is 48.6 Å². The summed E-state index contributed by atoms with van der Waals surface area (Å²) in [5.41, 5.74) is 0. The minimum Gasteiger partial charge on any atom is -0.497 e. The monoisotopic (exact) mass is 347 g/mol. The topological polar surface area (TPSA) is 29.5 Å². The molecule has 0 aliphatic heterocycles. The standard InChI is InChI=1S/C18H21NO2S2/c1-21-15-6-8-16(9-7-15)23-12-10-18(20)19(14-4-5-14)13-17-3-2-11-22-17/h2-3,6-9,11,14H,4-5,10,12-13H2,1H3. The molecule has 3 rings (SSSR count). The van der Waals surface area contributed by atoms with Gasteiger partial charge in [0.1, 0.15) is 5.75 Å². The largest absolute Gasteiger partial charge is 0.497 e. The number of hydrogen-bond donors (Lipinski definition) is 0. The highest BCUT2D eigenvalue weighted by atomic mass is 32.2. The van der Waals surface area contributed by atoms with E-state index in [1.807, 2.05) is 24.3 Å². The molecule has 0 unspecified atom stereocenters. The maximum absolute atomic E-state index is 12.5. The van der Waals surface area contributed by atoms with Crippen LogP contribution in [0.4, 0.5) is 0 Å². The Morgan fingerprint density at radius 3 is 2.70 bits per heavy atom. The van der Waals surface area contributed by atoms with Crippen molar-refractivity contribution >= 4 is 29.0 Å². The number of hydrogen-bond acceptors (Lipinski definition) is 4. The number of carbonyl (C=O) groups excluding carboxylic acids is 1. The third-order valence-corrected chi connectivity index (χ3v) is 5.73. The van der Waals surface area contributed by atoms with E-state index in [1.54, 1.807) is 30.2 Å². The van der Waals surface area contributed by atoms with Gasteiger partial charge >= 0.3 is 0 Å². The summed E-state index contributed by atoms with van der Waals surface area (Å²) in [4.78, 5) is 17.1. The number of rotatable bonds is 8. The van der Waals surface area contributed by atoms with Crippen LogP contribution in [0.3, 0.4) is 0 Å². The van der Waals surface area contributed by atoms with Crippen LogP contribution in [-0.2, 0) is 11.3 Å². The van der Waals surface area contributed by atoms with E-state index in [9.17, 15) is 4.79 Å². The van der Waals surface area contributed by atoms with Crippen LogP contribution in [0.15, 0.2) is 46.7 Å². The summed E-state index contributed by atoms with van der Waals surface area (Å²) in [6, 6.07) is 12.6. The van der Waals surface area contributed by atoms with Crippen molar-refractivity contribution in [1.82, 2.24) is 4.90 Å². The van der Waals surface area contributed by atoms with Gasteiger partial charge in [0.15, 0.2) is 0 Å². The molecule has 0 bridgehead atoms. The van der Waals surface area contributed by atoms with Gasteiger partial charge in [0.25, 0.3) is 0 Å². The fourth-order valence-electron chi connectivity index (χ4n) is 2.45. The summed E-state index contributed by atoms with van der Waals surface area (Å²) in [6.07, 6.45) is 2.91. The second-order valence-electron chi connectivity index (χ2n) is 5.61. The first-order valence-corrected chi connectivity index (χ1v) is 9.71. The molecule has 1 aromatic heterocycles. The van der Waals surface area contributed by atoms with Crippen molar-refractivity contribution in [2.45, 2.75) is 36.7 Å². The van der Waals surface area contributed by atoms with Gasteiger partial charge in [0.05, 0.1) is 13.7 Å². The number of thiophene rings is 1. The summed E-state index contributed by atoms with van der Waals surface area (Å²) in [7, 11) is 1.67. The second-order valence-corrected chi connectivity index (χ2v) is 7.81. The van der Waals surface area contributed by atoms with Gasteiger partial charge in [-0.3, -0.25) is 4.79 Å². The van der Waals surface area contributed by atoms with Crippen molar-refractivity contribution in [3.05, 3.63) is 46.7 Å². The summed E-state index contributed by atoms with van der Waals surface area (Å²) in [5.74, 6) is 1.96. The quantitative estimate of drug-likeness (QED) is 0.662. The highest BCUT2D eigenvalue weighted by Crippen LogP contribution is 2.30. The van der Waals surface area contributed by atoms with Crippen LogP contribution < -0.4 is 4.74 Å². The van der Waals surface area contributed by atoms with Gasteiger partial charge in [-0.2, -0.15) is 0 Å². The fourth-order valence-corrected chi connectivity index (χ4v) is 3.99. The average molecular weight is 348 g/mol. The Kier molecular flexibility index (Phi) is 5.62. The molecule has 1 aromatic carbocycles. The first-order valence-electron chi connectivity index (χ1n) is 7.85. The fraction of sp³-hybridized carbons (Fsp3) is 0.389. The minimum atomic E-state index is 0.280. The third-order valence-electron chi connectivity index (χ3n) is 3.86. The number of benzene rings is 1. The van der Waals surface area contributed by atoms with Crippen LogP contribution in [0.25, 0.3) is 0 Å². The van der Waals surface area contributed by atoms with E-state index in [-0.39, 0.29) is 5.91 Å². The molecule has 3 nitrogen and oxygen atoms in total. The van der Waals surface area contributed by atoms with Gasteiger partial charge < -0.3 is 9.64 Å². The molecule has 122 valence electrons. The summed E-state index contributed by atoms with van der Waals surface area (Å²) in [5, 5.41) is 2.07. The molecular formula is C18H21NO2S2. The number of amides is 1. The molecular weight excluding hydrogens is 326 g/mol. The highest BCUT2D eigenvalue weighted by molar-refractivity contribution is 7.99. The zero-order valence-electron chi connectivity index (χ0n) is 13.2. The zero-order valence-corrected chi connectivity index (χ0v) is 14.9. The Morgan fingerprint density at radius 2 is 2.09 bits per heavy atom. The highest BCUT2D eigenvalue weighted by Gasteiger charge is 2.32. The van der Waals surface area contributed by atoms with Crippen LogP contribution in [0, 0.1) is 0 Å². The third kappa shape index (κ3) is 4.75. The number of carbonyl (C=O) groups is 1. The molecule has 1 aliphatic carbocycles. The molecule has 0 atom stereocenters. The molecule has 23 heavy (non-hydrogen) atoms. The van der Waals surface area contributed by atoms with Gasteiger partial charge in [-0.25, -0.2) is 0 Å². The normalized spacial score (nSPS) is 13.8. The van der Waals surface area contributed by atoms with Crippen molar-refractivity contribution in [1.29, 1.82) is 0 Å². The van der Waals surface area contributed by atoms with E-state index < -0.39 is 0 Å². The Hall–Kier alpha value is -1.46. The van der Waals surface area contributed by atoms with Crippen LogP contribution in [0.5, 0.6) is 5.75 Å². The van der Waals surface area contributed by atoms with Crippen molar-refractivity contribution in [3.8, 4) is 5.75 Å². The van der Waals surface area contributed by atoms with Gasteiger partial charge in [0.2, 0.25) is 5.91 Å². The van der Waals surface area contributed by atoms with Crippen molar-refractivity contribution in [2.75, 3.05) is 12.9 Å². The van der Waals surface area contributed by atoms with E-state index in [0.29, 0.717) is 12.5 Å².